The largest absolute Gasteiger partial charge is 0.494 e. The maximum atomic E-state index is 12.3. The Morgan fingerprint density at radius 2 is 1.96 bits per heavy atom. The maximum Gasteiger partial charge on any atom is 0.269 e. The second-order valence-electron chi connectivity index (χ2n) is 5.79. The van der Waals surface area contributed by atoms with E-state index in [9.17, 15) is 19.7 Å². The lowest BCUT2D eigenvalue weighted by atomic mass is 10.2. The number of hydrogen-bond acceptors (Lipinski definition) is 5. The van der Waals surface area contributed by atoms with Gasteiger partial charge in [0.25, 0.3) is 11.6 Å². The van der Waals surface area contributed by atoms with Crippen molar-refractivity contribution in [3.05, 3.63) is 58.1 Å². The Kier molecular flexibility index (Phi) is 4.83. The molecule has 0 spiro atoms. The number of rotatable bonds is 5. The average molecular weight is 355 g/mol. The minimum atomic E-state index is -0.523. The number of hydrogen-bond donors (Lipinski definition) is 1. The van der Waals surface area contributed by atoms with E-state index >= 15 is 0 Å². The summed E-state index contributed by atoms with van der Waals surface area (Å²) in [5.41, 5.74) is 1.39. The van der Waals surface area contributed by atoms with Crippen LogP contribution in [0.3, 0.4) is 0 Å². The van der Waals surface area contributed by atoms with Gasteiger partial charge in [-0.3, -0.25) is 19.7 Å². The van der Waals surface area contributed by atoms with Crippen LogP contribution >= 0.6 is 0 Å². The van der Waals surface area contributed by atoms with Gasteiger partial charge in [0.1, 0.15) is 5.75 Å². The number of carbonyl (C=O) groups excluding carboxylic acids is 2. The molecule has 8 heteroatoms. The quantitative estimate of drug-likeness (QED) is 0.656. The first-order valence-electron chi connectivity index (χ1n) is 8.04. The van der Waals surface area contributed by atoms with Crippen molar-refractivity contribution < 1.29 is 19.2 Å². The van der Waals surface area contributed by atoms with Gasteiger partial charge in [-0.2, -0.15) is 0 Å². The fourth-order valence-corrected chi connectivity index (χ4v) is 2.82. The van der Waals surface area contributed by atoms with Crippen LogP contribution in [0.1, 0.15) is 23.2 Å². The predicted molar refractivity (Wildman–Crippen MR) is 95.6 cm³/mol. The fourth-order valence-electron chi connectivity index (χ4n) is 2.82. The van der Waals surface area contributed by atoms with E-state index in [1.54, 1.807) is 23.1 Å². The molecule has 2 aromatic carbocycles. The Balaban J connectivity index is 1.78. The highest BCUT2D eigenvalue weighted by atomic mass is 16.6. The average Bonchev–Trinajstić information content (AvgIpc) is 3.07. The van der Waals surface area contributed by atoms with Crippen LogP contribution in [0.4, 0.5) is 17.1 Å². The summed E-state index contributed by atoms with van der Waals surface area (Å²) >= 11 is 0. The lowest BCUT2D eigenvalue weighted by Crippen LogP contribution is -2.24. The molecule has 0 radical (unpaired) electrons. The fraction of sp³-hybridized carbons (Fsp3) is 0.222. The number of non-ortho nitro benzene ring substituents is 1. The Bertz CT molecular complexity index is 864. The van der Waals surface area contributed by atoms with Gasteiger partial charge in [-0.15, -0.1) is 0 Å². The van der Waals surface area contributed by atoms with E-state index in [1.165, 1.54) is 31.4 Å². The second-order valence-corrected chi connectivity index (χ2v) is 5.79. The van der Waals surface area contributed by atoms with Crippen molar-refractivity contribution in [3.8, 4) is 5.75 Å². The number of benzene rings is 2. The van der Waals surface area contributed by atoms with Gasteiger partial charge in [0.15, 0.2) is 0 Å². The van der Waals surface area contributed by atoms with Crippen molar-refractivity contribution >= 4 is 28.9 Å². The van der Waals surface area contributed by atoms with Crippen LogP contribution in [0.5, 0.6) is 5.75 Å². The molecule has 0 saturated carbocycles. The third-order valence-electron chi connectivity index (χ3n) is 4.14. The molecule has 2 amide bonds. The molecule has 0 aliphatic carbocycles. The van der Waals surface area contributed by atoms with E-state index in [1.807, 2.05) is 0 Å². The van der Waals surface area contributed by atoms with Crippen LogP contribution in [0.2, 0.25) is 0 Å². The molecule has 1 aliphatic rings. The summed E-state index contributed by atoms with van der Waals surface area (Å²) in [7, 11) is 1.50. The van der Waals surface area contributed by atoms with Gasteiger partial charge in [-0.1, -0.05) is 0 Å². The van der Waals surface area contributed by atoms with E-state index in [0.717, 1.165) is 6.42 Å². The van der Waals surface area contributed by atoms with E-state index in [-0.39, 0.29) is 11.6 Å². The van der Waals surface area contributed by atoms with Gasteiger partial charge in [-0.05, 0) is 30.7 Å². The first-order valence-corrected chi connectivity index (χ1v) is 8.04. The number of nitrogens with one attached hydrogen (secondary N) is 1. The standard InChI is InChI=1S/C18H17N3O5/c1-26-16-11-13(6-9-15(16)20-10-2-3-17(20)22)19-18(23)12-4-7-14(8-5-12)21(24)25/h4-9,11H,2-3,10H2,1H3,(H,19,23). The molecule has 1 fully saturated rings. The van der Waals surface area contributed by atoms with Gasteiger partial charge in [0, 0.05) is 42.4 Å². The minimum Gasteiger partial charge on any atom is -0.494 e. The molecule has 3 rings (SSSR count). The molecule has 26 heavy (non-hydrogen) atoms. The van der Waals surface area contributed by atoms with Crippen LogP contribution in [-0.4, -0.2) is 30.4 Å². The number of ether oxygens (including phenoxy) is 1. The van der Waals surface area contributed by atoms with Crippen molar-refractivity contribution in [3.63, 3.8) is 0 Å². The van der Waals surface area contributed by atoms with Crippen molar-refractivity contribution in [1.29, 1.82) is 0 Å². The molecule has 1 N–H and O–H groups in total. The molecule has 0 unspecified atom stereocenters. The number of nitro groups is 1. The topological polar surface area (TPSA) is 102 Å². The lowest BCUT2D eigenvalue weighted by Gasteiger charge is -2.19. The smallest absolute Gasteiger partial charge is 0.269 e. The molecule has 1 saturated heterocycles. The summed E-state index contributed by atoms with van der Waals surface area (Å²) in [5, 5.41) is 13.4. The van der Waals surface area contributed by atoms with Gasteiger partial charge in [0.05, 0.1) is 17.7 Å². The van der Waals surface area contributed by atoms with Crippen LogP contribution in [0.15, 0.2) is 42.5 Å². The van der Waals surface area contributed by atoms with Crippen LogP contribution in [0.25, 0.3) is 0 Å². The van der Waals surface area contributed by atoms with E-state index < -0.39 is 10.8 Å². The molecule has 0 atom stereocenters. The normalized spacial score (nSPS) is 13.6. The number of anilines is 2. The molecule has 0 bridgehead atoms. The molecular formula is C18H17N3O5. The summed E-state index contributed by atoms with van der Waals surface area (Å²) in [6, 6.07) is 10.4. The monoisotopic (exact) mass is 355 g/mol. The van der Waals surface area contributed by atoms with Crippen molar-refractivity contribution in [1.82, 2.24) is 0 Å². The van der Waals surface area contributed by atoms with E-state index in [0.29, 0.717) is 35.7 Å². The van der Waals surface area contributed by atoms with E-state index in [2.05, 4.69) is 5.32 Å². The molecule has 2 aromatic rings. The minimum absolute atomic E-state index is 0.0472. The summed E-state index contributed by atoms with van der Waals surface area (Å²) in [6.45, 7) is 0.643. The molecule has 1 heterocycles. The van der Waals surface area contributed by atoms with Crippen LogP contribution < -0.4 is 15.0 Å². The highest BCUT2D eigenvalue weighted by Crippen LogP contribution is 2.34. The zero-order chi connectivity index (χ0) is 18.7. The maximum absolute atomic E-state index is 12.3. The van der Waals surface area contributed by atoms with Gasteiger partial charge >= 0.3 is 0 Å². The summed E-state index contributed by atoms with van der Waals surface area (Å²) in [4.78, 5) is 36.0. The summed E-state index contributed by atoms with van der Waals surface area (Å²) in [6.07, 6.45) is 1.32. The number of carbonyl (C=O) groups is 2. The third kappa shape index (κ3) is 3.49. The van der Waals surface area contributed by atoms with Gasteiger partial charge in [-0.25, -0.2) is 0 Å². The molecule has 0 aromatic heterocycles. The first kappa shape index (κ1) is 17.4. The zero-order valence-corrected chi connectivity index (χ0v) is 14.1. The number of nitrogens with zero attached hydrogens (tertiary/aromatic N) is 2. The van der Waals surface area contributed by atoms with Gasteiger partial charge in [0.2, 0.25) is 5.91 Å². The Morgan fingerprint density at radius 3 is 2.54 bits per heavy atom. The second kappa shape index (κ2) is 7.22. The molecule has 8 nitrogen and oxygen atoms in total. The van der Waals surface area contributed by atoms with E-state index in [4.69, 9.17) is 4.74 Å². The van der Waals surface area contributed by atoms with Gasteiger partial charge < -0.3 is 15.0 Å². The van der Waals surface area contributed by atoms with Crippen molar-refractivity contribution in [2.24, 2.45) is 0 Å². The zero-order valence-electron chi connectivity index (χ0n) is 14.1. The Hall–Kier alpha value is -3.42. The molecule has 1 aliphatic heterocycles. The van der Waals surface area contributed by atoms with Crippen LogP contribution in [-0.2, 0) is 4.79 Å². The highest BCUT2D eigenvalue weighted by molar-refractivity contribution is 6.05. The summed E-state index contributed by atoms with van der Waals surface area (Å²) in [5.74, 6) is 0.139. The third-order valence-corrected chi connectivity index (χ3v) is 4.14. The number of amides is 2. The Morgan fingerprint density at radius 1 is 1.23 bits per heavy atom. The highest BCUT2D eigenvalue weighted by Gasteiger charge is 2.24. The number of nitro benzene ring substituents is 1. The molecule has 134 valence electrons. The predicted octanol–water partition coefficient (Wildman–Crippen LogP) is 2.98. The lowest BCUT2D eigenvalue weighted by molar-refractivity contribution is -0.384. The number of methoxy groups -OCH3 is 1. The summed E-state index contributed by atoms with van der Waals surface area (Å²) < 4.78 is 5.36. The SMILES string of the molecule is COc1cc(NC(=O)c2ccc([N+](=O)[O-])cc2)ccc1N1CCCC1=O. The van der Waals surface area contributed by atoms with Crippen molar-refractivity contribution in [2.45, 2.75) is 12.8 Å². The van der Waals surface area contributed by atoms with Crippen molar-refractivity contribution in [2.75, 3.05) is 23.9 Å². The van der Waals surface area contributed by atoms with Crippen LogP contribution in [0, 0.1) is 10.1 Å². The first-order chi connectivity index (χ1) is 12.5. The Labute approximate surface area is 149 Å². The molecular weight excluding hydrogens is 338 g/mol.